The SMILES string of the molecule is CC[C@@H](NC(=O)OC(C)(C)C)C(=O)Oc1ccc2c(-c3ccccc3)cc(=O)oc2c1. The molecule has 0 bridgehead atoms. The van der Waals surface area contributed by atoms with Crippen LogP contribution in [-0.2, 0) is 9.53 Å². The molecule has 0 aliphatic rings. The summed E-state index contributed by atoms with van der Waals surface area (Å²) in [7, 11) is 0. The maximum absolute atomic E-state index is 12.6. The van der Waals surface area contributed by atoms with Crippen LogP contribution in [0.4, 0.5) is 4.79 Å². The number of nitrogens with one attached hydrogen (secondary N) is 1. The maximum atomic E-state index is 12.6. The number of hydrogen-bond acceptors (Lipinski definition) is 6. The minimum Gasteiger partial charge on any atom is -0.444 e. The molecule has 1 N–H and O–H groups in total. The molecule has 1 atom stereocenters. The second kappa shape index (κ2) is 9.04. The van der Waals surface area contributed by atoms with E-state index in [-0.39, 0.29) is 5.75 Å². The predicted molar refractivity (Wildman–Crippen MR) is 117 cm³/mol. The predicted octanol–water partition coefficient (Wildman–Crippen LogP) is 4.67. The molecular weight excluding hydrogens is 398 g/mol. The van der Waals surface area contributed by atoms with Crippen molar-refractivity contribution in [3.63, 3.8) is 0 Å². The summed E-state index contributed by atoms with van der Waals surface area (Å²) in [6.07, 6.45) is -0.382. The van der Waals surface area contributed by atoms with Gasteiger partial charge in [0.15, 0.2) is 0 Å². The third kappa shape index (κ3) is 5.72. The lowest BCUT2D eigenvalue weighted by Gasteiger charge is -2.22. The molecule has 1 aromatic heterocycles. The fraction of sp³-hybridized carbons (Fsp3) is 0.292. The van der Waals surface area contributed by atoms with Crippen LogP contribution in [0.15, 0.2) is 63.8 Å². The van der Waals surface area contributed by atoms with Gasteiger partial charge in [0.1, 0.15) is 23.0 Å². The minimum atomic E-state index is -0.881. The van der Waals surface area contributed by atoms with Gasteiger partial charge in [-0.25, -0.2) is 14.4 Å². The van der Waals surface area contributed by atoms with Gasteiger partial charge in [0.2, 0.25) is 0 Å². The van der Waals surface area contributed by atoms with E-state index in [0.717, 1.165) is 11.1 Å². The van der Waals surface area contributed by atoms with Gasteiger partial charge in [0, 0.05) is 17.5 Å². The Bertz CT molecular complexity index is 1140. The lowest BCUT2D eigenvalue weighted by Crippen LogP contribution is -2.44. The summed E-state index contributed by atoms with van der Waals surface area (Å²) in [5, 5.41) is 3.22. The van der Waals surface area contributed by atoms with Crippen LogP contribution in [0.25, 0.3) is 22.1 Å². The number of hydrogen-bond donors (Lipinski definition) is 1. The smallest absolute Gasteiger partial charge is 0.408 e. The van der Waals surface area contributed by atoms with Crippen molar-refractivity contribution in [3.8, 4) is 16.9 Å². The van der Waals surface area contributed by atoms with Gasteiger partial charge < -0.3 is 19.2 Å². The highest BCUT2D eigenvalue weighted by molar-refractivity contribution is 5.94. The van der Waals surface area contributed by atoms with Crippen LogP contribution in [0.1, 0.15) is 34.1 Å². The second-order valence-corrected chi connectivity index (χ2v) is 8.03. The van der Waals surface area contributed by atoms with E-state index in [4.69, 9.17) is 13.9 Å². The molecule has 3 aromatic rings. The Balaban J connectivity index is 1.82. The Hall–Kier alpha value is -3.61. The summed E-state index contributed by atoms with van der Waals surface area (Å²) >= 11 is 0. The lowest BCUT2D eigenvalue weighted by molar-refractivity contribution is -0.136. The third-order valence-corrected chi connectivity index (χ3v) is 4.40. The van der Waals surface area contributed by atoms with E-state index in [1.807, 2.05) is 30.3 Å². The van der Waals surface area contributed by atoms with E-state index in [9.17, 15) is 14.4 Å². The molecule has 2 aromatic carbocycles. The molecule has 0 radical (unpaired) electrons. The lowest BCUT2D eigenvalue weighted by atomic mass is 10.0. The minimum absolute atomic E-state index is 0.204. The van der Waals surface area contributed by atoms with Gasteiger partial charge in [-0.15, -0.1) is 0 Å². The molecule has 7 nitrogen and oxygen atoms in total. The molecular formula is C24H25NO6. The van der Waals surface area contributed by atoms with Crippen molar-refractivity contribution in [1.29, 1.82) is 0 Å². The van der Waals surface area contributed by atoms with E-state index in [1.165, 1.54) is 12.1 Å². The van der Waals surface area contributed by atoms with Gasteiger partial charge in [-0.3, -0.25) is 0 Å². The summed E-state index contributed by atoms with van der Waals surface area (Å²) in [4.78, 5) is 36.6. The molecule has 31 heavy (non-hydrogen) atoms. The summed E-state index contributed by atoms with van der Waals surface area (Å²) in [6, 6.07) is 14.8. The van der Waals surface area contributed by atoms with Crippen LogP contribution >= 0.6 is 0 Å². The van der Waals surface area contributed by atoms with Crippen molar-refractivity contribution < 1.29 is 23.5 Å². The molecule has 1 amide bonds. The Morgan fingerprint density at radius 1 is 1.06 bits per heavy atom. The molecule has 0 fully saturated rings. The average molecular weight is 423 g/mol. The summed E-state index contributed by atoms with van der Waals surface area (Å²) in [6.45, 7) is 6.95. The van der Waals surface area contributed by atoms with Crippen LogP contribution in [0.5, 0.6) is 5.75 Å². The van der Waals surface area contributed by atoms with Gasteiger partial charge in [-0.2, -0.15) is 0 Å². The fourth-order valence-electron chi connectivity index (χ4n) is 3.03. The molecule has 0 saturated heterocycles. The first-order valence-electron chi connectivity index (χ1n) is 10.0. The Labute approximate surface area is 180 Å². The van der Waals surface area contributed by atoms with Crippen molar-refractivity contribution >= 4 is 23.0 Å². The molecule has 0 aliphatic carbocycles. The van der Waals surface area contributed by atoms with Gasteiger partial charge in [0.25, 0.3) is 0 Å². The molecule has 3 rings (SSSR count). The standard InChI is InChI=1S/C24H25NO6/c1-5-19(25-23(28)31-24(2,3)4)22(27)29-16-11-12-17-18(15-9-7-6-8-10-15)14-21(26)30-20(17)13-16/h6-14,19H,5H2,1-4H3,(H,25,28)/t19-/m1/s1. The van der Waals surface area contributed by atoms with Gasteiger partial charge in [-0.1, -0.05) is 37.3 Å². The van der Waals surface area contributed by atoms with Crippen LogP contribution in [0.3, 0.4) is 0 Å². The zero-order chi connectivity index (χ0) is 22.6. The molecule has 0 saturated carbocycles. The first-order chi connectivity index (χ1) is 14.7. The number of carbonyl (C=O) groups excluding carboxylic acids is 2. The Morgan fingerprint density at radius 2 is 1.77 bits per heavy atom. The normalized spacial score (nSPS) is 12.3. The maximum Gasteiger partial charge on any atom is 0.408 e. The topological polar surface area (TPSA) is 94.8 Å². The van der Waals surface area contributed by atoms with Crippen molar-refractivity contribution in [2.24, 2.45) is 0 Å². The number of ether oxygens (including phenoxy) is 2. The Morgan fingerprint density at radius 3 is 2.42 bits per heavy atom. The van der Waals surface area contributed by atoms with E-state index < -0.39 is 29.3 Å². The highest BCUT2D eigenvalue weighted by Crippen LogP contribution is 2.29. The molecule has 0 spiro atoms. The van der Waals surface area contributed by atoms with E-state index in [2.05, 4.69) is 5.32 Å². The summed E-state index contributed by atoms with van der Waals surface area (Å²) in [5.41, 5.74) is 0.705. The zero-order valence-electron chi connectivity index (χ0n) is 17.9. The van der Waals surface area contributed by atoms with E-state index in [1.54, 1.807) is 39.8 Å². The fourth-order valence-corrected chi connectivity index (χ4v) is 3.03. The molecule has 7 heteroatoms. The first kappa shape index (κ1) is 22.1. The van der Waals surface area contributed by atoms with Crippen LogP contribution < -0.4 is 15.7 Å². The van der Waals surface area contributed by atoms with Crippen LogP contribution in [0, 0.1) is 0 Å². The number of alkyl carbamates (subject to hydrolysis) is 1. The number of esters is 1. The number of amides is 1. The van der Waals surface area contributed by atoms with Crippen molar-refractivity contribution in [1.82, 2.24) is 5.32 Å². The van der Waals surface area contributed by atoms with Crippen molar-refractivity contribution in [2.45, 2.75) is 45.8 Å². The number of rotatable bonds is 5. The van der Waals surface area contributed by atoms with Gasteiger partial charge in [-0.05, 0) is 50.5 Å². The zero-order valence-corrected chi connectivity index (χ0v) is 17.9. The Kier molecular flexibility index (Phi) is 6.44. The van der Waals surface area contributed by atoms with E-state index >= 15 is 0 Å². The van der Waals surface area contributed by atoms with Crippen molar-refractivity contribution in [2.75, 3.05) is 0 Å². The van der Waals surface area contributed by atoms with Crippen LogP contribution in [-0.4, -0.2) is 23.7 Å². The second-order valence-electron chi connectivity index (χ2n) is 8.03. The van der Waals surface area contributed by atoms with Crippen molar-refractivity contribution in [3.05, 3.63) is 65.0 Å². The summed E-state index contributed by atoms with van der Waals surface area (Å²) in [5.74, 6) is -0.440. The quantitative estimate of drug-likeness (QED) is 0.364. The average Bonchev–Trinajstić information content (AvgIpc) is 2.70. The monoisotopic (exact) mass is 423 g/mol. The third-order valence-electron chi connectivity index (χ3n) is 4.40. The highest BCUT2D eigenvalue weighted by Gasteiger charge is 2.24. The largest absolute Gasteiger partial charge is 0.444 e. The molecule has 0 unspecified atom stereocenters. The first-order valence-corrected chi connectivity index (χ1v) is 10.0. The highest BCUT2D eigenvalue weighted by atomic mass is 16.6. The number of carbonyl (C=O) groups is 2. The van der Waals surface area contributed by atoms with Crippen LogP contribution in [0.2, 0.25) is 0 Å². The van der Waals surface area contributed by atoms with Gasteiger partial charge >= 0.3 is 17.7 Å². The molecule has 162 valence electrons. The number of fused-ring (bicyclic) bond motifs is 1. The van der Waals surface area contributed by atoms with Gasteiger partial charge in [0.05, 0.1) is 0 Å². The number of benzene rings is 2. The molecule has 0 aliphatic heterocycles. The molecule has 1 heterocycles. The summed E-state index contributed by atoms with van der Waals surface area (Å²) < 4.78 is 15.9. The van der Waals surface area contributed by atoms with E-state index in [0.29, 0.717) is 17.4 Å².